The zero-order chi connectivity index (χ0) is 9.26. The zero-order valence-electron chi connectivity index (χ0n) is 7.81. The zero-order valence-corrected chi connectivity index (χ0v) is 8.56. The van der Waals surface area contributed by atoms with Crippen LogP contribution in [0.25, 0.3) is 0 Å². The summed E-state index contributed by atoms with van der Waals surface area (Å²) in [4.78, 5) is 0. The van der Waals surface area contributed by atoms with Crippen LogP contribution in [0.15, 0.2) is 18.2 Å². The SMILES string of the molecule is CNCc1c(Cl)cccc1C1CC1. The molecule has 1 saturated carbocycles. The second-order valence-corrected chi connectivity index (χ2v) is 4.02. The third-order valence-electron chi connectivity index (χ3n) is 2.53. The van der Waals surface area contributed by atoms with E-state index in [0.29, 0.717) is 0 Å². The molecule has 1 fully saturated rings. The lowest BCUT2D eigenvalue weighted by molar-refractivity contribution is 0.804. The highest BCUT2D eigenvalue weighted by Crippen LogP contribution is 2.42. The number of hydrogen-bond acceptors (Lipinski definition) is 1. The molecular weight excluding hydrogens is 182 g/mol. The molecule has 0 heterocycles. The van der Waals surface area contributed by atoms with Crippen LogP contribution in [0.4, 0.5) is 0 Å². The first-order valence-corrected chi connectivity index (χ1v) is 5.12. The lowest BCUT2D eigenvalue weighted by Gasteiger charge is -2.09. The van der Waals surface area contributed by atoms with Crippen molar-refractivity contribution in [2.75, 3.05) is 7.05 Å². The third-order valence-corrected chi connectivity index (χ3v) is 2.88. The number of hydrogen-bond donors (Lipinski definition) is 1. The molecule has 0 amide bonds. The lowest BCUT2D eigenvalue weighted by Crippen LogP contribution is -2.08. The Labute approximate surface area is 84.1 Å². The van der Waals surface area contributed by atoms with Gasteiger partial charge in [0.05, 0.1) is 0 Å². The van der Waals surface area contributed by atoms with Gasteiger partial charge in [-0.05, 0) is 43.0 Å². The molecule has 1 nitrogen and oxygen atoms in total. The van der Waals surface area contributed by atoms with Crippen molar-refractivity contribution in [3.8, 4) is 0 Å². The summed E-state index contributed by atoms with van der Waals surface area (Å²) in [5.74, 6) is 0.780. The number of nitrogens with one attached hydrogen (secondary N) is 1. The minimum atomic E-state index is 0.780. The molecule has 1 aromatic carbocycles. The monoisotopic (exact) mass is 195 g/mol. The van der Waals surface area contributed by atoms with E-state index in [2.05, 4.69) is 17.4 Å². The average Bonchev–Trinajstić information content (AvgIpc) is 2.92. The first kappa shape index (κ1) is 9.04. The Morgan fingerprint density at radius 3 is 2.85 bits per heavy atom. The van der Waals surface area contributed by atoms with Crippen LogP contribution in [-0.2, 0) is 6.54 Å². The summed E-state index contributed by atoms with van der Waals surface area (Å²) in [5.41, 5.74) is 2.73. The summed E-state index contributed by atoms with van der Waals surface area (Å²) in [6.07, 6.45) is 2.66. The van der Waals surface area contributed by atoms with E-state index in [1.54, 1.807) is 0 Å². The summed E-state index contributed by atoms with van der Waals surface area (Å²) >= 11 is 6.14. The maximum absolute atomic E-state index is 6.14. The van der Waals surface area contributed by atoms with Gasteiger partial charge in [0, 0.05) is 11.6 Å². The van der Waals surface area contributed by atoms with E-state index in [1.165, 1.54) is 24.0 Å². The van der Waals surface area contributed by atoms with Gasteiger partial charge in [-0.3, -0.25) is 0 Å². The number of benzene rings is 1. The van der Waals surface area contributed by atoms with Crippen LogP contribution in [0.2, 0.25) is 5.02 Å². The normalized spacial score (nSPS) is 16.2. The summed E-state index contributed by atoms with van der Waals surface area (Å²) in [7, 11) is 1.96. The summed E-state index contributed by atoms with van der Waals surface area (Å²) in [5, 5.41) is 4.07. The molecule has 1 aliphatic rings. The van der Waals surface area contributed by atoms with Crippen LogP contribution in [0.3, 0.4) is 0 Å². The van der Waals surface area contributed by atoms with E-state index in [1.807, 2.05) is 13.1 Å². The largest absolute Gasteiger partial charge is 0.316 e. The Hall–Kier alpha value is -0.530. The fourth-order valence-corrected chi connectivity index (χ4v) is 1.96. The Bertz CT molecular complexity index is 305. The molecule has 0 aromatic heterocycles. The van der Waals surface area contributed by atoms with Gasteiger partial charge in [-0.15, -0.1) is 0 Å². The molecule has 1 N–H and O–H groups in total. The fraction of sp³-hybridized carbons (Fsp3) is 0.455. The average molecular weight is 196 g/mol. The Kier molecular flexibility index (Phi) is 2.56. The molecular formula is C11H14ClN. The minimum absolute atomic E-state index is 0.780. The van der Waals surface area contributed by atoms with Crippen LogP contribution in [0.5, 0.6) is 0 Å². The Morgan fingerprint density at radius 1 is 1.46 bits per heavy atom. The summed E-state index contributed by atoms with van der Waals surface area (Å²) in [6.45, 7) is 0.880. The van der Waals surface area contributed by atoms with Crippen molar-refractivity contribution in [1.82, 2.24) is 5.32 Å². The van der Waals surface area contributed by atoms with Gasteiger partial charge in [0.25, 0.3) is 0 Å². The molecule has 0 bridgehead atoms. The van der Waals surface area contributed by atoms with E-state index >= 15 is 0 Å². The van der Waals surface area contributed by atoms with E-state index in [-0.39, 0.29) is 0 Å². The lowest BCUT2D eigenvalue weighted by atomic mass is 10.0. The van der Waals surface area contributed by atoms with Crippen LogP contribution in [0.1, 0.15) is 29.9 Å². The fourth-order valence-electron chi connectivity index (χ4n) is 1.72. The molecule has 0 saturated heterocycles. The molecule has 13 heavy (non-hydrogen) atoms. The highest BCUT2D eigenvalue weighted by atomic mass is 35.5. The molecule has 0 unspecified atom stereocenters. The second kappa shape index (κ2) is 3.69. The third kappa shape index (κ3) is 1.87. The van der Waals surface area contributed by atoms with Crippen LogP contribution < -0.4 is 5.32 Å². The summed E-state index contributed by atoms with van der Waals surface area (Å²) in [6, 6.07) is 6.23. The highest BCUT2D eigenvalue weighted by Gasteiger charge is 2.26. The first-order valence-electron chi connectivity index (χ1n) is 4.75. The van der Waals surface area contributed by atoms with E-state index in [9.17, 15) is 0 Å². The van der Waals surface area contributed by atoms with E-state index in [0.717, 1.165) is 17.5 Å². The topological polar surface area (TPSA) is 12.0 Å². The number of halogens is 1. The number of rotatable bonds is 3. The van der Waals surface area contributed by atoms with Gasteiger partial charge in [-0.1, -0.05) is 23.7 Å². The van der Waals surface area contributed by atoms with Crippen molar-refractivity contribution in [3.05, 3.63) is 34.3 Å². The molecule has 1 aliphatic carbocycles. The minimum Gasteiger partial charge on any atom is -0.316 e. The maximum Gasteiger partial charge on any atom is 0.0453 e. The van der Waals surface area contributed by atoms with Crippen molar-refractivity contribution < 1.29 is 0 Å². The quantitative estimate of drug-likeness (QED) is 0.782. The van der Waals surface area contributed by atoms with E-state index in [4.69, 9.17) is 11.6 Å². The molecule has 2 heteroatoms. The van der Waals surface area contributed by atoms with Gasteiger partial charge >= 0.3 is 0 Å². The molecule has 70 valence electrons. The van der Waals surface area contributed by atoms with Gasteiger partial charge in [0.15, 0.2) is 0 Å². The van der Waals surface area contributed by atoms with E-state index < -0.39 is 0 Å². The van der Waals surface area contributed by atoms with Crippen molar-refractivity contribution in [3.63, 3.8) is 0 Å². The van der Waals surface area contributed by atoms with Gasteiger partial charge in [-0.25, -0.2) is 0 Å². The van der Waals surface area contributed by atoms with Crippen LogP contribution in [-0.4, -0.2) is 7.05 Å². The predicted octanol–water partition coefficient (Wildman–Crippen LogP) is 2.94. The van der Waals surface area contributed by atoms with Gasteiger partial charge in [0.2, 0.25) is 0 Å². The Morgan fingerprint density at radius 2 is 2.23 bits per heavy atom. The van der Waals surface area contributed by atoms with Crippen molar-refractivity contribution >= 4 is 11.6 Å². The smallest absolute Gasteiger partial charge is 0.0453 e. The van der Waals surface area contributed by atoms with Crippen molar-refractivity contribution in [2.24, 2.45) is 0 Å². The first-order chi connectivity index (χ1) is 6.33. The van der Waals surface area contributed by atoms with Crippen molar-refractivity contribution in [1.29, 1.82) is 0 Å². The predicted molar refractivity (Wildman–Crippen MR) is 56.2 cm³/mol. The molecule has 0 aliphatic heterocycles. The molecule has 1 aromatic rings. The van der Waals surface area contributed by atoms with Gasteiger partial charge < -0.3 is 5.32 Å². The highest BCUT2D eigenvalue weighted by molar-refractivity contribution is 6.31. The second-order valence-electron chi connectivity index (χ2n) is 3.61. The summed E-state index contributed by atoms with van der Waals surface area (Å²) < 4.78 is 0. The maximum atomic E-state index is 6.14. The molecule has 0 spiro atoms. The molecule has 0 atom stereocenters. The van der Waals surface area contributed by atoms with Crippen LogP contribution >= 0.6 is 11.6 Å². The molecule has 2 rings (SSSR count). The van der Waals surface area contributed by atoms with Crippen LogP contribution in [0, 0.1) is 0 Å². The Balaban J connectivity index is 2.35. The molecule has 0 radical (unpaired) electrons. The standard InChI is InChI=1S/C11H14ClN/c1-13-7-10-9(8-5-6-8)3-2-4-11(10)12/h2-4,8,13H,5-7H2,1H3. The van der Waals surface area contributed by atoms with Crippen molar-refractivity contribution in [2.45, 2.75) is 25.3 Å². The van der Waals surface area contributed by atoms with Gasteiger partial charge in [-0.2, -0.15) is 0 Å². The van der Waals surface area contributed by atoms with Gasteiger partial charge in [0.1, 0.15) is 0 Å².